The Morgan fingerprint density at radius 1 is 1.40 bits per heavy atom. The third-order valence-electron chi connectivity index (χ3n) is 4.20. The Hall–Kier alpha value is -1.59. The zero-order valence-corrected chi connectivity index (χ0v) is 11.2. The van der Waals surface area contributed by atoms with Crippen LogP contribution in [0.1, 0.15) is 24.3 Å². The zero-order chi connectivity index (χ0) is 14.1. The predicted octanol–water partition coefficient (Wildman–Crippen LogP) is 1.07. The molecule has 1 aromatic rings. The topological polar surface area (TPSA) is 70.0 Å². The molecule has 0 radical (unpaired) electrons. The largest absolute Gasteiger partial charge is 0.493 e. The molecule has 1 unspecified atom stereocenters. The molecule has 1 aromatic carbocycles. The lowest BCUT2D eigenvalue weighted by Gasteiger charge is -2.31. The van der Waals surface area contributed by atoms with Crippen LogP contribution in [0.15, 0.2) is 24.3 Å². The summed E-state index contributed by atoms with van der Waals surface area (Å²) in [6.07, 6.45) is 0.669. The maximum absolute atomic E-state index is 11.3. The molecule has 0 saturated carbocycles. The fourth-order valence-corrected chi connectivity index (χ4v) is 3.23. The van der Waals surface area contributed by atoms with Crippen molar-refractivity contribution in [3.05, 3.63) is 29.8 Å². The Bertz CT molecular complexity index is 504. The van der Waals surface area contributed by atoms with Gasteiger partial charge in [0.25, 0.3) is 0 Å². The van der Waals surface area contributed by atoms with Crippen LogP contribution in [0.4, 0.5) is 0 Å². The molecule has 1 fully saturated rings. The lowest BCUT2D eigenvalue weighted by molar-refractivity contribution is -0.142. The van der Waals surface area contributed by atoms with Gasteiger partial charge in [-0.15, -0.1) is 0 Å². The van der Waals surface area contributed by atoms with E-state index in [4.69, 9.17) is 4.74 Å². The van der Waals surface area contributed by atoms with Gasteiger partial charge in [0.05, 0.1) is 12.7 Å². The summed E-state index contributed by atoms with van der Waals surface area (Å²) in [5.41, 5.74) is 1.14. The molecule has 2 aliphatic rings. The standard InChI is InChI=1S/C15H19NO4/c17-11-7-13(15(18)19)16(9-11)8-10-5-6-20-14-4-2-1-3-12(10)14/h1-4,10-11,13,17H,5-9H2,(H,18,19)/t10?,11-,13-/m0/s1. The van der Waals surface area contributed by atoms with Crippen LogP contribution in [-0.4, -0.2) is 52.9 Å². The highest BCUT2D eigenvalue weighted by Gasteiger charge is 2.37. The summed E-state index contributed by atoms with van der Waals surface area (Å²) in [6.45, 7) is 1.76. The van der Waals surface area contributed by atoms with Gasteiger partial charge in [-0.3, -0.25) is 9.69 Å². The number of carboxylic acid groups (broad SMARTS) is 1. The van der Waals surface area contributed by atoms with Crippen molar-refractivity contribution in [2.75, 3.05) is 19.7 Å². The summed E-state index contributed by atoms with van der Waals surface area (Å²) in [5, 5.41) is 19.0. The van der Waals surface area contributed by atoms with Gasteiger partial charge in [-0.2, -0.15) is 0 Å². The first-order valence-electron chi connectivity index (χ1n) is 7.02. The van der Waals surface area contributed by atoms with Crippen molar-refractivity contribution >= 4 is 5.97 Å². The van der Waals surface area contributed by atoms with Crippen molar-refractivity contribution in [3.63, 3.8) is 0 Å². The molecule has 0 amide bonds. The highest BCUT2D eigenvalue weighted by Crippen LogP contribution is 2.35. The van der Waals surface area contributed by atoms with Crippen molar-refractivity contribution in [2.24, 2.45) is 0 Å². The average Bonchev–Trinajstić information content (AvgIpc) is 2.80. The third kappa shape index (κ3) is 2.51. The molecule has 0 spiro atoms. The molecular formula is C15H19NO4. The number of rotatable bonds is 3. The summed E-state index contributed by atoms with van der Waals surface area (Å²) in [4.78, 5) is 13.2. The number of aliphatic carboxylic acids is 1. The second kappa shape index (κ2) is 5.42. The van der Waals surface area contributed by atoms with Crippen molar-refractivity contribution in [2.45, 2.75) is 30.9 Å². The number of para-hydroxylation sites is 1. The van der Waals surface area contributed by atoms with Gasteiger partial charge in [-0.25, -0.2) is 0 Å². The van der Waals surface area contributed by atoms with Gasteiger partial charge >= 0.3 is 5.97 Å². The Labute approximate surface area is 117 Å². The van der Waals surface area contributed by atoms with Crippen LogP contribution in [0, 0.1) is 0 Å². The van der Waals surface area contributed by atoms with Gasteiger partial charge in [0.1, 0.15) is 11.8 Å². The monoisotopic (exact) mass is 277 g/mol. The first kappa shape index (κ1) is 13.4. The maximum atomic E-state index is 11.3. The molecule has 0 aromatic heterocycles. The summed E-state index contributed by atoms with van der Waals surface area (Å²) >= 11 is 0. The minimum Gasteiger partial charge on any atom is -0.493 e. The van der Waals surface area contributed by atoms with Crippen LogP contribution < -0.4 is 4.74 Å². The number of fused-ring (bicyclic) bond motifs is 1. The highest BCUT2D eigenvalue weighted by molar-refractivity contribution is 5.74. The van der Waals surface area contributed by atoms with Crippen LogP contribution in [0.5, 0.6) is 5.75 Å². The second-order valence-electron chi connectivity index (χ2n) is 5.57. The molecule has 2 heterocycles. The second-order valence-corrected chi connectivity index (χ2v) is 5.57. The molecule has 5 heteroatoms. The molecule has 2 N–H and O–H groups in total. The van der Waals surface area contributed by atoms with Crippen LogP contribution >= 0.6 is 0 Å². The van der Waals surface area contributed by atoms with Gasteiger partial charge in [0, 0.05) is 25.4 Å². The first-order valence-corrected chi connectivity index (χ1v) is 7.02. The van der Waals surface area contributed by atoms with E-state index < -0.39 is 18.1 Å². The van der Waals surface area contributed by atoms with Crippen LogP contribution in [0.3, 0.4) is 0 Å². The van der Waals surface area contributed by atoms with E-state index in [9.17, 15) is 15.0 Å². The normalized spacial score (nSPS) is 29.8. The first-order chi connectivity index (χ1) is 9.65. The van der Waals surface area contributed by atoms with E-state index in [0.29, 0.717) is 26.1 Å². The van der Waals surface area contributed by atoms with Crippen LogP contribution in [-0.2, 0) is 4.79 Å². The molecule has 108 valence electrons. The van der Waals surface area contributed by atoms with E-state index in [1.807, 2.05) is 29.2 Å². The van der Waals surface area contributed by atoms with Gasteiger partial charge in [0.15, 0.2) is 0 Å². The van der Waals surface area contributed by atoms with Gasteiger partial charge in [-0.1, -0.05) is 18.2 Å². The number of aliphatic hydroxyl groups is 1. The van der Waals surface area contributed by atoms with Gasteiger partial charge < -0.3 is 14.9 Å². The third-order valence-corrected chi connectivity index (χ3v) is 4.20. The number of ether oxygens (including phenoxy) is 1. The molecule has 2 aliphatic heterocycles. The fraction of sp³-hybridized carbons (Fsp3) is 0.533. The Kier molecular flexibility index (Phi) is 3.63. The number of likely N-dealkylation sites (tertiary alicyclic amines) is 1. The van der Waals surface area contributed by atoms with E-state index >= 15 is 0 Å². The Morgan fingerprint density at radius 2 is 2.20 bits per heavy atom. The summed E-state index contributed by atoms with van der Waals surface area (Å²) in [7, 11) is 0. The summed E-state index contributed by atoms with van der Waals surface area (Å²) in [6, 6.07) is 7.35. The van der Waals surface area contributed by atoms with E-state index in [0.717, 1.165) is 17.7 Å². The van der Waals surface area contributed by atoms with Gasteiger partial charge in [0.2, 0.25) is 0 Å². The van der Waals surface area contributed by atoms with Crippen LogP contribution in [0.25, 0.3) is 0 Å². The van der Waals surface area contributed by atoms with E-state index in [1.54, 1.807) is 0 Å². The van der Waals surface area contributed by atoms with Crippen molar-refractivity contribution in [3.8, 4) is 5.75 Å². The minimum absolute atomic E-state index is 0.270. The molecule has 5 nitrogen and oxygen atoms in total. The molecule has 1 saturated heterocycles. The Balaban J connectivity index is 1.77. The quantitative estimate of drug-likeness (QED) is 0.865. The van der Waals surface area contributed by atoms with E-state index in [-0.39, 0.29) is 5.92 Å². The fourth-order valence-electron chi connectivity index (χ4n) is 3.23. The summed E-state index contributed by atoms with van der Waals surface area (Å²) in [5.74, 6) is 0.323. The minimum atomic E-state index is -0.845. The van der Waals surface area contributed by atoms with Crippen molar-refractivity contribution in [1.82, 2.24) is 4.90 Å². The number of hydrogen-bond acceptors (Lipinski definition) is 4. The zero-order valence-electron chi connectivity index (χ0n) is 11.2. The Morgan fingerprint density at radius 3 is 3.00 bits per heavy atom. The number of β-amino-alcohol motifs (C(OH)–C–C–N with tert-alkyl or cyclic N) is 1. The van der Waals surface area contributed by atoms with Crippen molar-refractivity contribution in [1.29, 1.82) is 0 Å². The molecule has 0 aliphatic carbocycles. The molecule has 3 atom stereocenters. The molecular weight excluding hydrogens is 258 g/mol. The smallest absolute Gasteiger partial charge is 0.321 e. The average molecular weight is 277 g/mol. The highest BCUT2D eigenvalue weighted by atomic mass is 16.5. The lowest BCUT2D eigenvalue weighted by atomic mass is 9.92. The number of carbonyl (C=O) groups is 1. The van der Waals surface area contributed by atoms with Gasteiger partial charge in [-0.05, 0) is 18.1 Å². The number of carboxylic acids is 1. The summed E-state index contributed by atoms with van der Waals surface area (Å²) < 4.78 is 5.63. The number of aliphatic hydroxyl groups excluding tert-OH is 1. The molecule has 0 bridgehead atoms. The predicted molar refractivity (Wildman–Crippen MR) is 72.9 cm³/mol. The number of benzene rings is 1. The molecule has 3 rings (SSSR count). The SMILES string of the molecule is O=C(O)[C@@H]1C[C@H](O)CN1CC1CCOc2ccccc21. The van der Waals surface area contributed by atoms with Crippen LogP contribution in [0.2, 0.25) is 0 Å². The van der Waals surface area contributed by atoms with E-state index in [2.05, 4.69) is 0 Å². The number of nitrogens with zero attached hydrogens (tertiary/aromatic N) is 1. The van der Waals surface area contributed by atoms with Crippen molar-refractivity contribution < 1.29 is 19.7 Å². The van der Waals surface area contributed by atoms with E-state index in [1.165, 1.54) is 0 Å². The number of hydrogen-bond donors (Lipinski definition) is 2. The maximum Gasteiger partial charge on any atom is 0.321 e. The lowest BCUT2D eigenvalue weighted by Crippen LogP contribution is -2.39. The molecule has 20 heavy (non-hydrogen) atoms.